The molecule has 0 fully saturated rings. The van der Waals surface area contributed by atoms with Gasteiger partial charge < -0.3 is 4.74 Å². The summed E-state index contributed by atoms with van der Waals surface area (Å²) < 4.78 is 55.9. The summed E-state index contributed by atoms with van der Waals surface area (Å²) >= 11 is 5.95. The van der Waals surface area contributed by atoms with Crippen molar-refractivity contribution in [1.29, 1.82) is 0 Å². The van der Waals surface area contributed by atoms with E-state index in [1.165, 1.54) is 37.4 Å². The summed E-state index contributed by atoms with van der Waals surface area (Å²) in [6.45, 7) is 0. The van der Waals surface area contributed by atoms with Crippen LogP contribution in [0.15, 0.2) is 76.5 Å². The maximum Gasteiger partial charge on any atom is 0.265 e. The second-order valence-corrected chi connectivity index (χ2v) is 10.2. The number of carbonyl (C=O) groups excluding carboxylic acids is 1. The quantitative estimate of drug-likeness (QED) is 0.513. The van der Waals surface area contributed by atoms with E-state index in [0.717, 1.165) is 12.1 Å². The number of hydrogen-bond acceptors (Lipinski definition) is 6. The van der Waals surface area contributed by atoms with Crippen LogP contribution in [0.2, 0.25) is 5.02 Å². The molecule has 0 radical (unpaired) electrons. The second kappa shape index (κ2) is 9.64. The first kappa shape index (κ1) is 24.3. The predicted octanol–water partition coefficient (Wildman–Crippen LogP) is 2.51. The molecule has 170 valence electrons. The third kappa shape index (κ3) is 5.91. The Morgan fingerprint density at radius 3 is 2.27 bits per heavy atom. The van der Waals surface area contributed by atoms with Gasteiger partial charge in [-0.2, -0.15) is 0 Å². The van der Waals surface area contributed by atoms with Crippen molar-refractivity contribution in [1.82, 2.24) is 4.72 Å². The second-order valence-electron chi connectivity index (χ2n) is 6.60. The minimum Gasteiger partial charge on any atom is -0.495 e. The molecule has 11 heteroatoms. The summed E-state index contributed by atoms with van der Waals surface area (Å²) in [5, 5.41) is 5.62. The van der Waals surface area contributed by atoms with Gasteiger partial charge in [0.25, 0.3) is 15.9 Å². The Morgan fingerprint density at radius 2 is 1.64 bits per heavy atom. The standard InChI is InChI=1S/C22H17ClN2O6S2/c1-31-19-14-17(12-11-16(19)10-9-15-5-4-6-18(23)13-15)22(26)25-33(29,30)21-8-3-2-7-20(21)32(24,27)28/h2-8,11-14H,1H3,(H,25,26)(H2,24,27,28). The lowest BCUT2D eigenvalue weighted by atomic mass is 10.1. The first-order chi connectivity index (χ1) is 15.5. The van der Waals surface area contributed by atoms with Crippen molar-refractivity contribution >= 4 is 37.6 Å². The van der Waals surface area contributed by atoms with E-state index in [0.29, 0.717) is 16.1 Å². The zero-order chi connectivity index (χ0) is 24.2. The Labute approximate surface area is 196 Å². The number of amides is 1. The highest BCUT2D eigenvalue weighted by atomic mass is 35.5. The number of carbonyl (C=O) groups is 1. The zero-order valence-corrected chi connectivity index (χ0v) is 19.5. The van der Waals surface area contributed by atoms with Crippen LogP contribution in [0.25, 0.3) is 0 Å². The third-order valence-corrected chi connectivity index (χ3v) is 7.02. The topological polar surface area (TPSA) is 133 Å². The fraction of sp³-hybridized carbons (Fsp3) is 0.0455. The van der Waals surface area contributed by atoms with Crippen LogP contribution >= 0.6 is 11.6 Å². The molecular formula is C22H17ClN2O6S2. The smallest absolute Gasteiger partial charge is 0.265 e. The Morgan fingerprint density at radius 1 is 0.939 bits per heavy atom. The van der Waals surface area contributed by atoms with Crippen LogP contribution < -0.4 is 14.6 Å². The molecule has 0 heterocycles. The Balaban J connectivity index is 1.90. The molecule has 3 aromatic rings. The highest BCUT2D eigenvalue weighted by Crippen LogP contribution is 2.22. The average molecular weight is 505 g/mol. The third-order valence-electron chi connectivity index (χ3n) is 4.30. The van der Waals surface area contributed by atoms with Crippen LogP contribution in [0.3, 0.4) is 0 Å². The van der Waals surface area contributed by atoms with Crippen molar-refractivity contribution < 1.29 is 26.4 Å². The molecular weight excluding hydrogens is 488 g/mol. The number of sulfonamides is 2. The molecule has 0 aliphatic carbocycles. The van der Waals surface area contributed by atoms with E-state index >= 15 is 0 Å². The fourth-order valence-corrected chi connectivity index (χ4v) is 5.33. The number of nitrogens with two attached hydrogens (primary N) is 1. The van der Waals surface area contributed by atoms with Gasteiger partial charge in [-0.1, -0.05) is 41.6 Å². The highest BCUT2D eigenvalue weighted by Gasteiger charge is 2.26. The van der Waals surface area contributed by atoms with Crippen LogP contribution in [-0.2, 0) is 20.0 Å². The molecule has 33 heavy (non-hydrogen) atoms. The Kier molecular flexibility index (Phi) is 7.09. The predicted molar refractivity (Wildman–Crippen MR) is 123 cm³/mol. The van der Waals surface area contributed by atoms with Gasteiger partial charge in [0.2, 0.25) is 10.0 Å². The number of hydrogen-bond donors (Lipinski definition) is 2. The van der Waals surface area contributed by atoms with E-state index in [1.807, 2.05) is 4.72 Å². The molecule has 0 aromatic heterocycles. The molecule has 3 N–H and O–H groups in total. The van der Waals surface area contributed by atoms with Crippen molar-refractivity contribution in [2.45, 2.75) is 9.79 Å². The minimum atomic E-state index is -4.54. The van der Waals surface area contributed by atoms with Crippen molar-refractivity contribution in [3.05, 3.63) is 88.4 Å². The lowest BCUT2D eigenvalue weighted by Gasteiger charge is -2.11. The normalized spacial score (nSPS) is 11.2. The summed E-state index contributed by atoms with van der Waals surface area (Å²) in [4.78, 5) is 11.3. The van der Waals surface area contributed by atoms with Crippen LogP contribution in [-0.4, -0.2) is 29.9 Å². The fourth-order valence-electron chi connectivity index (χ4n) is 2.78. The molecule has 0 spiro atoms. The zero-order valence-electron chi connectivity index (χ0n) is 17.1. The van der Waals surface area contributed by atoms with Gasteiger partial charge >= 0.3 is 0 Å². The van der Waals surface area contributed by atoms with Gasteiger partial charge in [0.15, 0.2) is 0 Å². The first-order valence-electron chi connectivity index (χ1n) is 9.16. The number of halogens is 1. The SMILES string of the molecule is COc1cc(C(=O)NS(=O)(=O)c2ccccc2S(N)(=O)=O)ccc1C#Cc1cccc(Cl)c1. The van der Waals surface area contributed by atoms with Crippen molar-refractivity contribution in [3.8, 4) is 17.6 Å². The van der Waals surface area contributed by atoms with Crippen molar-refractivity contribution in [2.75, 3.05) is 7.11 Å². The minimum absolute atomic E-state index is 0.0446. The van der Waals surface area contributed by atoms with Gasteiger partial charge in [0.1, 0.15) is 15.5 Å². The van der Waals surface area contributed by atoms with Crippen LogP contribution in [0.1, 0.15) is 21.5 Å². The molecule has 0 bridgehead atoms. The van der Waals surface area contributed by atoms with Gasteiger partial charge in [0.05, 0.1) is 12.7 Å². The van der Waals surface area contributed by atoms with E-state index < -0.39 is 35.7 Å². The van der Waals surface area contributed by atoms with Crippen LogP contribution in [0, 0.1) is 11.8 Å². The summed E-state index contributed by atoms with van der Waals surface area (Å²) in [6.07, 6.45) is 0. The molecule has 1 amide bonds. The summed E-state index contributed by atoms with van der Waals surface area (Å²) in [6, 6.07) is 15.8. The van der Waals surface area contributed by atoms with E-state index in [2.05, 4.69) is 11.8 Å². The number of primary sulfonamides is 1. The molecule has 0 unspecified atom stereocenters. The van der Waals surface area contributed by atoms with E-state index in [1.54, 1.807) is 24.3 Å². The van der Waals surface area contributed by atoms with Crippen molar-refractivity contribution in [3.63, 3.8) is 0 Å². The number of nitrogens with one attached hydrogen (secondary N) is 1. The molecule has 0 aliphatic heterocycles. The lowest BCUT2D eigenvalue weighted by molar-refractivity contribution is 0.0981. The molecule has 0 aliphatic rings. The Bertz CT molecular complexity index is 1510. The summed E-state index contributed by atoms with van der Waals surface area (Å²) in [5.74, 6) is 5.08. The molecule has 8 nitrogen and oxygen atoms in total. The molecule has 3 rings (SSSR count). The van der Waals surface area contributed by atoms with E-state index in [-0.39, 0.29) is 11.3 Å². The van der Waals surface area contributed by atoms with Crippen LogP contribution in [0.4, 0.5) is 0 Å². The molecule has 0 saturated carbocycles. The molecule has 0 atom stereocenters. The lowest BCUT2D eigenvalue weighted by Crippen LogP contribution is -2.32. The highest BCUT2D eigenvalue weighted by molar-refractivity contribution is 7.92. The van der Waals surface area contributed by atoms with E-state index in [9.17, 15) is 21.6 Å². The van der Waals surface area contributed by atoms with Gasteiger partial charge in [-0.15, -0.1) is 0 Å². The van der Waals surface area contributed by atoms with Gasteiger partial charge in [-0.05, 0) is 48.5 Å². The van der Waals surface area contributed by atoms with Gasteiger partial charge in [-0.25, -0.2) is 26.7 Å². The van der Waals surface area contributed by atoms with Crippen molar-refractivity contribution in [2.24, 2.45) is 5.14 Å². The monoisotopic (exact) mass is 504 g/mol. The molecule has 0 saturated heterocycles. The van der Waals surface area contributed by atoms with E-state index in [4.69, 9.17) is 21.5 Å². The van der Waals surface area contributed by atoms with Gasteiger partial charge in [0, 0.05) is 16.1 Å². The maximum atomic E-state index is 12.7. The Hall–Kier alpha value is -3.36. The average Bonchev–Trinajstić information content (AvgIpc) is 2.76. The molecule has 3 aromatic carbocycles. The number of benzene rings is 3. The van der Waals surface area contributed by atoms with Gasteiger partial charge in [-0.3, -0.25) is 4.79 Å². The summed E-state index contributed by atoms with van der Waals surface area (Å²) in [7, 11) is -7.51. The maximum absolute atomic E-state index is 12.7. The largest absolute Gasteiger partial charge is 0.495 e. The number of methoxy groups -OCH3 is 1. The number of ether oxygens (including phenoxy) is 1. The summed E-state index contributed by atoms with van der Waals surface area (Å²) in [5.41, 5.74) is 1.08. The van der Waals surface area contributed by atoms with Crippen LogP contribution in [0.5, 0.6) is 5.75 Å². The number of rotatable bonds is 5. The first-order valence-corrected chi connectivity index (χ1v) is 12.6.